The van der Waals surface area contributed by atoms with Gasteiger partial charge in [-0.2, -0.15) is 0 Å². The van der Waals surface area contributed by atoms with Crippen molar-refractivity contribution in [3.05, 3.63) is 29.8 Å². The van der Waals surface area contributed by atoms with E-state index in [4.69, 9.17) is 19.3 Å². The number of hydrogen-bond acceptors (Lipinski definition) is 7. The molecule has 7 heteroatoms. The highest BCUT2D eigenvalue weighted by Crippen LogP contribution is 2.23. The van der Waals surface area contributed by atoms with Crippen molar-refractivity contribution in [2.45, 2.75) is 37.3 Å². The molecule has 0 radical (unpaired) electrons. The number of hydrogen-bond donors (Lipinski definition) is 4. The van der Waals surface area contributed by atoms with Crippen LogP contribution in [-0.4, -0.2) is 64.8 Å². The number of benzene rings is 1. The Hall–Kier alpha value is -1.22. The largest absolute Gasteiger partial charge is 0.497 e. The van der Waals surface area contributed by atoms with Crippen molar-refractivity contribution >= 4 is 0 Å². The van der Waals surface area contributed by atoms with Crippen LogP contribution >= 0.6 is 0 Å². The van der Waals surface area contributed by atoms with Gasteiger partial charge in [0.05, 0.1) is 20.3 Å². The molecule has 21 heavy (non-hydrogen) atoms. The minimum Gasteiger partial charge on any atom is -0.497 e. The first kappa shape index (κ1) is 16.2. The molecule has 0 bridgehead atoms. The molecule has 0 saturated carbocycles. The molecule has 2 unspecified atom stereocenters. The lowest BCUT2D eigenvalue weighted by Gasteiger charge is -2.39. The van der Waals surface area contributed by atoms with Gasteiger partial charge in [-0.1, -0.05) is 12.1 Å². The van der Waals surface area contributed by atoms with E-state index in [0.29, 0.717) is 5.75 Å². The highest BCUT2D eigenvalue weighted by molar-refractivity contribution is 5.26. The van der Waals surface area contributed by atoms with E-state index in [0.717, 1.165) is 5.56 Å². The quantitative estimate of drug-likeness (QED) is 0.553. The molecule has 1 fully saturated rings. The van der Waals surface area contributed by atoms with E-state index in [2.05, 4.69) is 0 Å². The first-order chi connectivity index (χ1) is 10.1. The maximum atomic E-state index is 9.82. The van der Waals surface area contributed by atoms with E-state index in [1.807, 2.05) is 0 Å². The number of methoxy groups -OCH3 is 1. The first-order valence-electron chi connectivity index (χ1n) is 6.62. The van der Waals surface area contributed by atoms with Gasteiger partial charge in [0, 0.05) is 0 Å². The number of aliphatic hydroxyl groups excluding tert-OH is 4. The molecule has 1 saturated heterocycles. The summed E-state index contributed by atoms with van der Waals surface area (Å²) in [5, 5.41) is 38.2. The number of ether oxygens (including phenoxy) is 3. The molecule has 1 heterocycles. The summed E-state index contributed by atoms with van der Waals surface area (Å²) >= 11 is 0. The summed E-state index contributed by atoms with van der Waals surface area (Å²) in [5.74, 6) is 0.714. The molecule has 1 aliphatic rings. The van der Waals surface area contributed by atoms with Crippen molar-refractivity contribution < 1.29 is 34.6 Å². The van der Waals surface area contributed by atoms with Crippen molar-refractivity contribution in [2.24, 2.45) is 0 Å². The normalized spacial score (nSPS) is 32.9. The molecule has 0 aliphatic carbocycles. The predicted molar refractivity (Wildman–Crippen MR) is 71.6 cm³/mol. The summed E-state index contributed by atoms with van der Waals surface area (Å²) in [7, 11) is 1.57. The molecule has 0 amide bonds. The minimum absolute atomic E-state index is 0.146. The Morgan fingerprint density at radius 2 is 1.71 bits per heavy atom. The second-order valence-corrected chi connectivity index (χ2v) is 4.86. The lowest BCUT2D eigenvalue weighted by molar-refractivity contribution is -0.304. The second-order valence-electron chi connectivity index (χ2n) is 4.86. The lowest BCUT2D eigenvalue weighted by Crippen LogP contribution is -2.59. The molecule has 0 aromatic heterocycles. The van der Waals surface area contributed by atoms with Gasteiger partial charge < -0.3 is 34.6 Å². The van der Waals surface area contributed by atoms with Crippen molar-refractivity contribution in [1.29, 1.82) is 0 Å². The van der Waals surface area contributed by atoms with Crippen molar-refractivity contribution in [2.75, 3.05) is 13.7 Å². The first-order valence-corrected chi connectivity index (χ1v) is 6.62. The fourth-order valence-corrected chi connectivity index (χ4v) is 2.11. The third-order valence-electron chi connectivity index (χ3n) is 3.42. The highest BCUT2D eigenvalue weighted by Gasteiger charge is 2.43. The zero-order valence-electron chi connectivity index (χ0n) is 11.6. The van der Waals surface area contributed by atoms with Gasteiger partial charge in [0.1, 0.15) is 30.2 Å². The minimum atomic E-state index is -1.43. The smallest absolute Gasteiger partial charge is 0.187 e. The van der Waals surface area contributed by atoms with Crippen LogP contribution in [0.3, 0.4) is 0 Å². The standard InChI is InChI=1S/C14H20O7/c1-19-9-4-2-8(3-5-9)7-20-14-13(18)12(17)11(16)10(6-15)21-14/h2-5,10-18H,6-7H2,1H3/t10?,11-,12+,13?,14+/m0/s1. The van der Waals surface area contributed by atoms with Crippen LogP contribution in [0.4, 0.5) is 0 Å². The summed E-state index contributed by atoms with van der Waals surface area (Å²) < 4.78 is 15.7. The van der Waals surface area contributed by atoms with Crippen LogP contribution in [0.2, 0.25) is 0 Å². The average Bonchev–Trinajstić information content (AvgIpc) is 2.52. The van der Waals surface area contributed by atoms with Gasteiger partial charge in [-0.3, -0.25) is 0 Å². The lowest BCUT2D eigenvalue weighted by atomic mass is 9.99. The molecule has 118 valence electrons. The van der Waals surface area contributed by atoms with Crippen LogP contribution in [0.25, 0.3) is 0 Å². The molecular weight excluding hydrogens is 280 g/mol. The van der Waals surface area contributed by atoms with Gasteiger partial charge in [0.2, 0.25) is 0 Å². The van der Waals surface area contributed by atoms with Gasteiger partial charge >= 0.3 is 0 Å². The van der Waals surface area contributed by atoms with Crippen LogP contribution < -0.4 is 4.74 Å². The third-order valence-corrected chi connectivity index (χ3v) is 3.42. The summed E-state index contributed by atoms with van der Waals surface area (Å²) in [6.45, 7) is -0.333. The monoisotopic (exact) mass is 300 g/mol. The summed E-state index contributed by atoms with van der Waals surface area (Å²) in [6, 6.07) is 7.13. The number of rotatable bonds is 5. The molecule has 2 rings (SSSR count). The summed E-state index contributed by atoms with van der Waals surface area (Å²) in [4.78, 5) is 0. The molecule has 7 nitrogen and oxygen atoms in total. The fraction of sp³-hybridized carbons (Fsp3) is 0.571. The van der Waals surface area contributed by atoms with E-state index in [1.165, 1.54) is 0 Å². The van der Waals surface area contributed by atoms with Crippen LogP contribution in [0.15, 0.2) is 24.3 Å². The van der Waals surface area contributed by atoms with Crippen molar-refractivity contribution in [1.82, 2.24) is 0 Å². The average molecular weight is 300 g/mol. The van der Waals surface area contributed by atoms with Gasteiger partial charge in [-0.15, -0.1) is 0 Å². The molecule has 1 aromatic rings. The highest BCUT2D eigenvalue weighted by atomic mass is 16.7. The van der Waals surface area contributed by atoms with Gasteiger partial charge in [-0.05, 0) is 17.7 Å². The Morgan fingerprint density at radius 1 is 1.05 bits per heavy atom. The maximum Gasteiger partial charge on any atom is 0.187 e. The zero-order chi connectivity index (χ0) is 15.4. The molecule has 1 aliphatic heterocycles. The molecule has 1 aromatic carbocycles. The third kappa shape index (κ3) is 3.70. The van der Waals surface area contributed by atoms with E-state index < -0.39 is 37.3 Å². The molecule has 5 atom stereocenters. The Morgan fingerprint density at radius 3 is 2.29 bits per heavy atom. The fourth-order valence-electron chi connectivity index (χ4n) is 2.11. The Balaban J connectivity index is 1.94. The van der Waals surface area contributed by atoms with Gasteiger partial charge in [0.25, 0.3) is 0 Å². The maximum absolute atomic E-state index is 9.82. The van der Waals surface area contributed by atoms with Crippen LogP contribution in [-0.2, 0) is 16.1 Å². The number of aliphatic hydroxyl groups is 4. The van der Waals surface area contributed by atoms with Crippen molar-refractivity contribution in [3.8, 4) is 5.75 Å². The topological polar surface area (TPSA) is 109 Å². The predicted octanol–water partition coefficient (Wildman–Crippen LogP) is -0.988. The van der Waals surface area contributed by atoms with E-state index in [-0.39, 0.29) is 6.61 Å². The van der Waals surface area contributed by atoms with E-state index in [1.54, 1.807) is 31.4 Å². The van der Waals surface area contributed by atoms with Gasteiger partial charge in [-0.25, -0.2) is 0 Å². The van der Waals surface area contributed by atoms with Crippen LogP contribution in [0.5, 0.6) is 5.75 Å². The van der Waals surface area contributed by atoms with Gasteiger partial charge in [0.15, 0.2) is 6.29 Å². The summed E-state index contributed by atoms with van der Waals surface area (Å²) in [6.07, 6.45) is -6.30. The Labute approximate surface area is 122 Å². The van der Waals surface area contributed by atoms with E-state index in [9.17, 15) is 15.3 Å². The second kappa shape index (κ2) is 7.17. The Bertz CT molecular complexity index is 433. The molecule has 0 spiro atoms. The SMILES string of the molecule is COc1ccc(CO[C@@H]2OC(CO)[C@H](O)[C@@H](O)C2O)cc1. The molecule has 4 N–H and O–H groups in total. The summed E-state index contributed by atoms with van der Waals surface area (Å²) in [5.41, 5.74) is 0.827. The van der Waals surface area contributed by atoms with Crippen LogP contribution in [0, 0.1) is 0 Å². The zero-order valence-corrected chi connectivity index (χ0v) is 11.6. The Kier molecular flexibility index (Phi) is 5.51. The van der Waals surface area contributed by atoms with Crippen LogP contribution in [0.1, 0.15) is 5.56 Å². The van der Waals surface area contributed by atoms with Crippen molar-refractivity contribution in [3.63, 3.8) is 0 Å². The molecular formula is C14H20O7. The van der Waals surface area contributed by atoms with E-state index >= 15 is 0 Å².